The van der Waals surface area contributed by atoms with Crippen LogP contribution in [0.2, 0.25) is 0 Å². The molecule has 1 atom stereocenters. The van der Waals surface area contributed by atoms with Crippen molar-refractivity contribution in [2.24, 2.45) is 0 Å². The van der Waals surface area contributed by atoms with Crippen LogP contribution in [0.15, 0.2) is 11.0 Å². The second-order valence-electron chi connectivity index (χ2n) is 6.56. The summed E-state index contributed by atoms with van der Waals surface area (Å²) in [6.07, 6.45) is 2.70. The number of thiophene rings is 1. The van der Waals surface area contributed by atoms with Crippen LogP contribution < -0.4 is 5.32 Å². The summed E-state index contributed by atoms with van der Waals surface area (Å²) in [5.74, 6) is 0.133. The zero-order valence-electron chi connectivity index (χ0n) is 14.2. The molecule has 3 heterocycles. The molecule has 2 fully saturated rings. The first kappa shape index (κ1) is 17.8. The van der Waals surface area contributed by atoms with Crippen LogP contribution in [0, 0.1) is 13.8 Å². The number of nitrogens with zero attached hydrogens (tertiary/aromatic N) is 2. The minimum absolute atomic E-state index is 0.133. The van der Waals surface area contributed by atoms with E-state index in [9.17, 15) is 13.2 Å². The normalized spacial score (nSPS) is 22.9. The average molecular weight is 372 g/mol. The molecule has 0 spiro atoms. The lowest BCUT2D eigenvalue weighted by Gasteiger charge is -2.34. The standard InChI is InChI=1S/C16H25N3O3S2/c1-12-10-15(13(2)23-12)24(21,22)19-8-6-18(7-9-19)16(20)11-14-4-3-5-17-14/h10,14,17H,3-9,11H2,1-2H3. The monoisotopic (exact) mass is 371 g/mol. The summed E-state index contributed by atoms with van der Waals surface area (Å²) in [5, 5.41) is 3.34. The number of nitrogens with one attached hydrogen (secondary N) is 1. The number of piperazine rings is 1. The molecular formula is C16H25N3O3S2. The minimum Gasteiger partial charge on any atom is -0.340 e. The highest BCUT2D eigenvalue weighted by molar-refractivity contribution is 7.89. The van der Waals surface area contributed by atoms with Crippen molar-refractivity contribution >= 4 is 27.3 Å². The van der Waals surface area contributed by atoms with Crippen molar-refractivity contribution in [1.29, 1.82) is 0 Å². The SMILES string of the molecule is Cc1cc(S(=O)(=O)N2CCN(C(=O)CC3CCCN3)CC2)c(C)s1. The Bertz CT molecular complexity index is 700. The first-order chi connectivity index (χ1) is 11.4. The van der Waals surface area contributed by atoms with Crippen molar-refractivity contribution in [1.82, 2.24) is 14.5 Å². The number of sulfonamides is 1. The van der Waals surface area contributed by atoms with E-state index in [0.29, 0.717) is 37.5 Å². The third-order valence-electron chi connectivity index (χ3n) is 4.79. The van der Waals surface area contributed by atoms with E-state index in [1.54, 1.807) is 11.0 Å². The van der Waals surface area contributed by atoms with E-state index in [2.05, 4.69) is 5.32 Å². The number of hydrogen-bond acceptors (Lipinski definition) is 5. The average Bonchev–Trinajstić information content (AvgIpc) is 3.17. The van der Waals surface area contributed by atoms with E-state index < -0.39 is 10.0 Å². The van der Waals surface area contributed by atoms with Crippen molar-refractivity contribution in [2.45, 2.75) is 44.0 Å². The fraction of sp³-hybridized carbons (Fsp3) is 0.688. The molecule has 0 aliphatic carbocycles. The molecule has 1 aromatic heterocycles. The Morgan fingerprint density at radius 2 is 2.00 bits per heavy atom. The predicted octanol–water partition coefficient (Wildman–Crippen LogP) is 1.34. The lowest BCUT2D eigenvalue weighted by atomic mass is 10.1. The molecule has 3 rings (SSSR count). The van der Waals surface area contributed by atoms with E-state index in [1.165, 1.54) is 15.6 Å². The van der Waals surface area contributed by atoms with Gasteiger partial charge in [0.15, 0.2) is 0 Å². The van der Waals surface area contributed by atoms with E-state index in [4.69, 9.17) is 0 Å². The van der Waals surface area contributed by atoms with Crippen LogP contribution in [0.5, 0.6) is 0 Å². The molecule has 134 valence electrons. The summed E-state index contributed by atoms with van der Waals surface area (Å²) in [4.78, 5) is 16.4. The van der Waals surface area contributed by atoms with Crippen LogP contribution in [-0.4, -0.2) is 62.3 Å². The zero-order valence-corrected chi connectivity index (χ0v) is 15.9. The van der Waals surface area contributed by atoms with Gasteiger partial charge in [0, 0.05) is 48.4 Å². The second kappa shape index (κ2) is 7.11. The Balaban J connectivity index is 1.60. The molecule has 1 aromatic rings. The quantitative estimate of drug-likeness (QED) is 0.867. The van der Waals surface area contributed by atoms with Gasteiger partial charge in [-0.15, -0.1) is 11.3 Å². The summed E-state index contributed by atoms with van der Waals surface area (Å²) < 4.78 is 27.1. The lowest BCUT2D eigenvalue weighted by molar-refractivity contribution is -0.132. The fourth-order valence-electron chi connectivity index (χ4n) is 3.45. The number of rotatable bonds is 4. The van der Waals surface area contributed by atoms with E-state index in [1.807, 2.05) is 13.8 Å². The molecule has 0 bridgehead atoms. The Morgan fingerprint density at radius 3 is 2.54 bits per heavy atom. The maximum Gasteiger partial charge on any atom is 0.244 e. The molecule has 24 heavy (non-hydrogen) atoms. The molecule has 8 heteroatoms. The van der Waals surface area contributed by atoms with Crippen molar-refractivity contribution in [2.75, 3.05) is 32.7 Å². The third kappa shape index (κ3) is 3.66. The Hall–Kier alpha value is -0.960. The van der Waals surface area contributed by atoms with Gasteiger partial charge in [0.2, 0.25) is 15.9 Å². The number of carbonyl (C=O) groups excluding carboxylic acids is 1. The molecule has 1 unspecified atom stereocenters. The molecule has 2 aliphatic heterocycles. The maximum absolute atomic E-state index is 12.8. The van der Waals surface area contributed by atoms with Gasteiger partial charge in [-0.25, -0.2) is 8.42 Å². The van der Waals surface area contributed by atoms with Gasteiger partial charge >= 0.3 is 0 Å². The van der Waals surface area contributed by atoms with Gasteiger partial charge in [-0.1, -0.05) is 0 Å². The number of hydrogen-bond donors (Lipinski definition) is 1. The van der Waals surface area contributed by atoms with Crippen LogP contribution in [-0.2, 0) is 14.8 Å². The highest BCUT2D eigenvalue weighted by Gasteiger charge is 2.32. The van der Waals surface area contributed by atoms with Crippen molar-refractivity contribution in [3.05, 3.63) is 15.8 Å². The first-order valence-electron chi connectivity index (χ1n) is 8.46. The zero-order chi connectivity index (χ0) is 17.3. The Labute approximate surface area is 147 Å². The fourth-order valence-corrected chi connectivity index (χ4v) is 6.40. The van der Waals surface area contributed by atoms with Crippen molar-refractivity contribution in [3.63, 3.8) is 0 Å². The number of amides is 1. The summed E-state index contributed by atoms with van der Waals surface area (Å²) in [7, 11) is -3.45. The topological polar surface area (TPSA) is 69.7 Å². The molecular weight excluding hydrogens is 346 g/mol. The predicted molar refractivity (Wildman–Crippen MR) is 94.8 cm³/mol. The molecule has 2 aliphatic rings. The molecule has 0 radical (unpaired) electrons. The Kier molecular flexibility index (Phi) is 5.29. The minimum atomic E-state index is -3.45. The summed E-state index contributed by atoms with van der Waals surface area (Å²) in [6.45, 7) is 6.47. The summed E-state index contributed by atoms with van der Waals surface area (Å²) in [5.41, 5.74) is 0. The van der Waals surface area contributed by atoms with Gasteiger partial charge in [0.1, 0.15) is 0 Å². The summed E-state index contributed by atoms with van der Waals surface area (Å²) in [6, 6.07) is 2.04. The smallest absolute Gasteiger partial charge is 0.244 e. The third-order valence-corrected chi connectivity index (χ3v) is 7.91. The molecule has 6 nitrogen and oxygen atoms in total. The van der Waals surface area contributed by atoms with E-state index in [0.717, 1.165) is 29.1 Å². The maximum atomic E-state index is 12.8. The van der Waals surface area contributed by atoms with Gasteiger partial charge in [0.25, 0.3) is 0 Å². The number of carbonyl (C=O) groups is 1. The van der Waals surface area contributed by atoms with Gasteiger partial charge in [0.05, 0.1) is 4.90 Å². The summed E-state index contributed by atoms with van der Waals surface area (Å²) >= 11 is 1.51. The number of aryl methyl sites for hydroxylation is 2. The first-order valence-corrected chi connectivity index (χ1v) is 10.7. The van der Waals surface area contributed by atoms with Crippen LogP contribution in [0.3, 0.4) is 0 Å². The van der Waals surface area contributed by atoms with Crippen LogP contribution >= 0.6 is 11.3 Å². The Morgan fingerprint density at radius 1 is 1.29 bits per heavy atom. The molecule has 0 saturated carbocycles. The molecule has 1 amide bonds. The van der Waals surface area contributed by atoms with Crippen LogP contribution in [0.25, 0.3) is 0 Å². The highest BCUT2D eigenvalue weighted by atomic mass is 32.2. The largest absolute Gasteiger partial charge is 0.340 e. The highest BCUT2D eigenvalue weighted by Crippen LogP contribution is 2.28. The van der Waals surface area contributed by atoms with E-state index >= 15 is 0 Å². The van der Waals surface area contributed by atoms with Crippen molar-refractivity contribution < 1.29 is 13.2 Å². The molecule has 2 saturated heterocycles. The second-order valence-corrected chi connectivity index (χ2v) is 9.93. The van der Waals surface area contributed by atoms with Gasteiger partial charge in [-0.3, -0.25) is 4.79 Å². The van der Waals surface area contributed by atoms with Gasteiger partial charge < -0.3 is 10.2 Å². The lowest BCUT2D eigenvalue weighted by Crippen LogP contribution is -2.51. The van der Waals surface area contributed by atoms with Gasteiger partial charge in [-0.2, -0.15) is 4.31 Å². The van der Waals surface area contributed by atoms with Crippen molar-refractivity contribution in [3.8, 4) is 0 Å². The van der Waals surface area contributed by atoms with E-state index in [-0.39, 0.29) is 11.9 Å². The van der Waals surface area contributed by atoms with Gasteiger partial charge in [-0.05, 0) is 39.3 Å². The van der Waals surface area contributed by atoms with Crippen LogP contribution in [0.1, 0.15) is 29.0 Å². The molecule has 1 N–H and O–H groups in total. The molecule has 0 aromatic carbocycles. The van der Waals surface area contributed by atoms with Crippen LogP contribution in [0.4, 0.5) is 0 Å².